The van der Waals surface area contributed by atoms with Gasteiger partial charge in [0.15, 0.2) is 0 Å². The van der Waals surface area contributed by atoms with Gasteiger partial charge in [0.05, 0.1) is 11.2 Å². The predicted molar refractivity (Wildman–Crippen MR) is 68.1 cm³/mol. The topological polar surface area (TPSA) is 78.9 Å². The molecule has 0 aliphatic heterocycles. The van der Waals surface area contributed by atoms with Crippen molar-refractivity contribution in [3.8, 4) is 0 Å². The summed E-state index contributed by atoms with van der Waals surface area (Å²) in [6.07, 6.45) is 0. The van der Waals surface area contributed by atoms with Crippen LogP contribution >= 0.6 is 8.46 Å². The predicted octanol–water partition coefficient (Wildman–Crippen LogP) is 3.39. The second-order valence-electron chi connectivity index (χ2n) is 6.03. The molecule has 0 heterocycles. The quantitative estimate of drug-likeness (QED) is 0.326. The molecule has 0 saturated carbocycles. The summed E-state index contributed by atoms with van der Waals surface area (Å²) in [5, 5.41) is 0. The van der Waals surface area contributed by atoms with Crippen molar-refractivity contribution >= 4 is 18.6 Å². The molecule has 0 N–H and O–H groups in total. The summed E-state index contributed by atoms with van der Waals surface area (Å²) in [6, 6.07) is 0. The Morgan fingerprint density at radius 2 is 1.19 bits per heavy atom. The van der Waals surface area contributed by atoms with E-state index in [1.165, 1.54) is 41.5 Å². The highest BCUT2D eigenvalue weighted by Crippen LogP contribution is 2.40. The highest BCUT2D eigenvalue weighted by atomic mass is 32.2. The molecular formula is C10H18F3O6PS. The maximum atomic E-state index is 12.4. The van der Waals surface area contributed by atoms with Gasteiger partial charge in [-0.05, 0) is 41.5 Å². The second-order valence-corrected chi connectivity index (χ2v) is 8.30. The standard InChI is InChI=1S/C10H18F3O6PS/c1-7(2,3)17-10(20-14,18-8(4,5)6)19-21(15,16)9(11,12)13/h1-6H3. The van der Waals surface area contributed by atoms with Gasteiger partial charge in [-0.25, -0.2) is 0 Å². The molecule has 0 radical (unpaired) electrons. The Kier molecular flexibility index (Phi) is 6.00. The van der Waals surface area contributed by atoms with Crippen molar-refractivity contribution < 1.29 is 39.8 Å². The smallest absolute Gasteiger partial charge is 0.311 e. The Morgan fingerprint density at radius 3 is 1.38 bits per heavy atom. The molecule has 11 heteroatoms. The molecule has 0 bridgehead atoms. The number of alkyl halides is 3. The van der Waals surface area contributed by atoms with Crippen LogP contribution in [-0.4, -0.2) is 30.8 Å². The lowest BCUT2D eigenvalue weighted by atomic mass is 10.2. The molecule has 0 unspecified atom stereocenters. The zero-order chi connectivity index (χ0) is 17.3. The number of hydrogen-bond donors (Lipinski definition) is 0. The Bertz CT molecular complexity index is 458. The van der Waals surface area contributed by atoms with Gasteiger partial charge in [0.1, 0.15) is 0 Å². The van der Waals surface area contributed by atoms with Gasteiger partial charge in [-0.2, -0.15) is 25.8 Å². The van der Waals surface area contributed by atoms with Crippen LogP contribution in [0.1, 0.15) is 41.5 Å². The monoisotopic (exact) mass is 354 g/mol. The lowest BCUT2D eigenvalue weighted by Gasteiger charge is -2.36. The van der Waals surface area contributed by atoms with Crippen molar-refractivity contribution in [3.63, 3.8) is 0 Å². The van der Waals surface area contributed by atoms with Crippen LogP contribution in [0.3, 0.4) is 0 Å². The largest absolute Gasteiger partial charge is 0.523 e. The first-order chi connectivity index (χ1) is 8.93. The summed E-state index contributed by atoms with van der Waals surface area (Å²) >= 11 is 0. The first kappa shape index (κ1) is 20.7. The Morgan fingerprint density at radius 1 is 0.857 bits per heavy atom. The molecule has 126 valence electrons. The maximum absolute atomic E-state index is 12.4. The van der Waals surface area contributed by atoms with E-state index in [9.17, 15) is 26.2 Å². The van der Waals surface area contributed by atoms with Gasteiger partial charge in [0, 0.05) is 0 Å². The molecule has 0 aliphatic rings. The van der Waals surface area contributed by atoms with Crippen molar-refractivity contribution in [2.24, 2.45) is 0 Å². The Hall–Kier alpha value is -0.280. The highest BCUT2D eigenvalue weighted by Gasteiger charge is 2.56. The second kappa shape index (κ2) is 6.08. The fraction of sp³-hybridized carbons (Fsp3) is 1.00. The molecular weight excluding hydrogens is 336 g/mol. The van der Waals surface area contributed by atoms with Crippen molar-refractivity contribution in [1.82, 2.24) is 0 Å². The van der Waals surface area contributed by atoms with Crippen LogP contribution in [0.15, 0.2) is 0 Å². The summed E-state index contributed by atoms with van der Waals surface area (Å²) < 4.78 is 84.9. The molecule has 0 aliphatic carbocycles. The SMILES string of the molecule is CC(C)(C)OC(OC(C)(C)C)(OS(=O)(=O)C(F)(F)F)P=O. The van der Waals surface area contributed by atoms with Gasteiger partial charge in [-0.3, -0.25) is 4.57 Å². The van der Waals surface area contributed by atoms with E-state index < -0.39 is 41.0 Å². The van der Waals surface area contributed by atoms with E-state index in [2.05, 4.69) is 4.18 Å². The summed E-state index contributed by atoms with van der Waals surface area (Å²) in [5.74, 6) is 0. The van der Waals surface area contributed by atoms with Crippen LogP contribution in [0.2, 0.25) is 0 Å². The molecule has 0 aromatic carbocycles. The fourth-order valence-electron chi connectivity index (χ4n) is 1.07. The first-order valence-corrected chi connectivity index (χ1v) is 7.92. The number of halogens is 3. The summed E-state index contributed by atoms with van der Waals surface area (Å²) in [4.78, 5) is 0. The minimum absolute atomic E-state index is 1.19. The lowest BCUT2D eigenvalue weighted by molar-refractivity contribution is -0.344. The zero-order valence-corrected chi connectivity index (χ0v) is 14.1. The van der Waals surface area contributed by atoms with Gasteiger partial charge in [0.25, 0.3) is 8.46 Å². The van der Waals surface area contributed by atoms with E-state index in [-0.39, 0.29) is 0 Å². The van der Waals surface area contributed by atoms with E-state index >= 15 is 0 Å². The van der Waals surface area contributed by atoms with Crippen molar-refractivity contribution in [3.05, 3.63) is 0 Å². The Labute approximate surface area is 123 Å². The first-order valence-electron chi connectivity index (χ1n) is 5.70. The van der Waals surface area contributed by atoms with Gasteiger partial charge < -0.3 is 9.47 Å². The molecule has 0 atom stereocenters. The average Bonchev–Trinajstić information content (AvgIpc) is 2.08. The molecule has 6 nitrogen and oxygen atoms in total. The molecule has 0 rings (SSSR count). The van der Waals surface area contributed by atoms with Crippen LogP contribution in [0, 0.1) is 0 Å². The van der Waals surface area contributed by atoms with E-state index in [0.29, 0.717) is 0 Å². The van der Waals surface area contributed by atoms with Crippen molar-refractivity contribution in [2.75, 3.05) is 0 Å². The summed E-state index contributed by atoms with van der Waals surface area (Å²) in [7, 11) is -7.30. The van der Waals surface area contributed by atoms with E-state index in [1.54, 1.807) is 0 Å². The van der Waals surface area contributed by atoms with E-state index in [0.717, 1.165) is 0 Å². The van der Waals surface area contributed by atoms with Crippen LogP contribution in [0.25, 0.3) is 0 Å². The van der Waals surface area contributed by atoms with Gasteiger partial charge >= 0.3 is 21.3 Å². The van der Waals surface area contributed by atoms with Crippen LogP contribution in [0.4, 0.5) is 13.2 Å². The van der Waals surface area contributed by atoms with Crippen LogP contribution < -0.4 is 0 Å². The van der Waals surface area contributed by atoms with Gasteiger partial charge in [-0.15, -0.1) is 0 Å². The minimum Gasteiger partial charge on any atom is -0.311 e. The number of rotatable bonds is 5. The Balaban J connectivity index is 5.77. The minimum atomic E-state index is -6.07. The third kappa shape index (κ3) is 7.01. The molecule has 0 fully saturated rings. The zero-order valence-electron chi connectivity index (χ0n) is 12.4. The van der Waals surface area contributed by atoms with Crippen LogP contribution in [0.5, 0.6) is 0 Å². The summed E-state index contributed by atoms with van der Waals surface area (Å²) in [6.45, 7) is 8.43. The van der Waals surface area contributed by atoms with Gasteiger partial charge in [0.2, 0.25) is 0 Å². The van der Waals surface area contributed by atoms with E-state index in [4.69, 9.17) is 9.47 Å². The fourth-order valence-corrected chi connectivity index (χ4v) is 2.55. The normalized spacial score (nSPS) is 15.5. The molecule has 0 aromatic heterocycles. The highest BCUT2D eigenvalue weighted by molar-refractivity contribution is 7.87. The molecule has 0 aromatic rings. The third-order valence-electron chi connectivity index (χ3n) is 1.48. The summed E-state index contributed by atoms with van der Waals surface area (Å²) in [5.41, 5.74) is -11.0. The van der Waals surface area contributed by atoms with Crippen LogP contribution in [-0.2, 0) is 28.3 Å². The molecule has 21 heavy (non-hydrogen) atoms. The number of hydrogen-bond acceptors (Lipinski definition) is 6. The van der Waals surface area contributed by atoms with Crippen molar-refractivity contribution in [2.45, 2.75) is 64.0 Å². The molecule has 0 amide bonds. The molecule has 0 spiro atoms. The molecule has 0 saturated heterocycles. The lowest BCUT2D eigenvalue weighted by Crippen LogP contribution is -2.47. The van der Waals surface area contributed by atoms with E-state index in [1.807, 2.05) is 0 Å². The third-order valence-corrected chi connectivity index (χ3v) is 3.11. The average molecular weight is 354 g/mol. The van der Waals surface area contributed by atoms with Gasteiger partial charge in [-0.1, -0.05) is 0 Å². The maximum Gasteiger partial charge on any atom is 0.523 e. The van der Waals surface area contributed by atoms with Crippen molar-refractivity contribution in [1.29, 1.82) is 0 Å². The number of ether oxygens (including phenoxy) is 2.